The fraction of sp³-hybridized carbons (Fsp3) is 0.375. The molecule has 2 aromatic rings. The Morgan fingerprint density at radius 1 is 1.32 bits per heavy atom. The molecule has 0 saturated carbocycles. The van der Waals surface area contributed by atoms with Gasteiger partial charge in [0.25, 0.3) is 0 Å². The number of carboxylic acid groups (broad SMARTS) is 1. The number of halogens is 1. The van der Waals surface area contributed by atoms with E-state index in [0.29, 0.717) is 29.6 Å². The molecule has 9 heteroatoms. The molecule has 1 atom stereocenters. The van der Waals surface area contributed by atoms with Crippen LogP contribution in [0.15, 0.2) is 28.8 Å². The highest BCUT2D eigenvalue weighted by atomic mass is 35.5. The smallest absolute Gasteiger partial charge is 0.337 e. The molecule has 2 rings (SSSR count). The minimum absolute atomic E-state index is 0.147. The fourth-order valence-electron chi connectivity index (χ4n) is 1.91. The van der Waals surface area contributed by atoms with Gasteiger partial charge in [-0.05, 0) is 37.6 Å². The Morgan fingerprint density at radius 3 is 2.64 bits per heavy atom. The number of aliphatic hydroxyl groups is 1. The molecule has 1 heterocycles. The van der Waals surface area contributed by atoms with Crippen LogP contribution in [0.25, 0.3) is 11.4 Å². The molecular weight excluding hydrogens is 350 g/mol. The zero-order valence-corrected chi connectivity index (χ0v) is 14.3. The van der Waals surface area contributed by atoms with Crippen molar-refractivity contribution in [3.63, 3.8) is 0 Å². The molecule has 1 aromatic carbocycles. The first-order chi connectivity index (χ1) is 11.8. The van der Waals surface area contributed by atoms with E-state index < -0.39 is 11.6 Å². The van der Waals surface area contributed by atoms with E-state index in [-0.39, 0.29) is 18.9 Å². The molecule has 0 spiro atoms. The van der Waals surface area contributed by atoms with Crippen molar-refractivity contribution in [2.24, 2.45) is 0 Å². The highest BCUT2D eigenvalue weighted by molar-refractivity contribution is 6.30. The lowest BCUT2D eigenvalue weighted by atomic mass is 10.1. The maximum atomic E-state index is 11.7. The van der Waals surface area contributed by atoms with Gasteiger partial charge in [0, 0.05) is 23.4 Å². The average molecular weight is 368 g/mol. The third kappa shape index (κ3) is 5.54. The van der Waals surface area contributed by atoms with Gasteiger partial charge in [-0.15, -0.1) is 0 Å². The Hall–Kier alpha value is -2.45. The number of carboxylic acids is 1. The predicted molar refractivity (Wildman–Crippen MR) is 89.0 cm³/mol. The zero-order chi connectivity index (χ0) is 18.4. The number of aliphatic carboxylic acids is 1. The lowest BCUT2D eigenvalue weighted by Crippen LogP contribution is -2.46. The van der Waals surface area contributed by atoms with Gasteiger partial charge >= 0.3 is 5.97 Å². The summed E-state index contributed by atoms with van der Waals surface area (Å²) in [4.78, 5) is 26.6. The first kappa shape index (κ1) is 18.9. The topological polar surface area (TPSA) is 126 Å². The normalized spacial score (nSPS) is 13.2. The van der Waals surface area contributed by atoms with Crippen LogP contribution in [-0.4, -0.2) is 44.4 Å². The van der Waals surface area contributed by atoms with Crippen LogP contribution in [0.3, 0.4) is 0 Å². The van der Waals surface area contributed by atoms with E-state index in [1.54, 1.807) is 24.3 Å². The number of carbonyl (C=O) groups is 2. The summed E-state index contributed by atoms with van der Waals surface area (Å²) in [6, 6.07) is 7.00. The maximum absolute atomic E-state index is 11.7. The average Bonchev–Trinajstić information content (AvgIpc) is 3.02. The molecule has 134 valence electrons. The molecule has 1 amide bonds. The van der Waals surface area contributed by atoms with Crippen molar-refractivity contribution in [3.05, 3.63) is 35.2 Å². The second kappa shape index (κ2) is 8.09. The van der Waals surface area contributed by atoms with Crippen LogP contribution in [0.5, 0.6) is 0 Å². The third-order valence-corrected chi connectivity index (χ3v) is 3.71. The Bertz CT molecular complexity index is 742. The molecule has 1 aromatic heterocycles. The van der Waals surface area contributed by atoms with Crippen LogP contribution in [0.2, 0.25) is 5.02 Å². The Balaban J connectivity index is 1.78. The first-order valence-corrected chi connectivity index (χ1v) is 7.97. The summed E-state index contributed by atoms with van der Waals surface area (Å²) in [6.07, 6.45) is 1.00. The summed E-state index contributed by atoms with van der Waals surface area (Å²) in [5.41, 5.74) is -1.22. The molecule has 0 aliphatic rings. The summed E-state index contributed by atoms with van der Waals surface area (Å²) in [5, 5.41) is 25.1. The standard InChI is InChI=1S/C16H18ClN3O5/c1-16(24,15(22)23)9-18-12(21)3-2-4-13-19-14(20-25-13)10-5-7-11(17)8-6-10/h5-8,24H,2-4,9H2,1H3,(H,18,21)(H,22,23). The van der Waals surface area contributed by atoms with Gasteiger partial charge in [0.15, 0.2) is 5.60 Å². The summed E-state index contributed by atoms with van der Waals surface area (Å²) in [5.74, 6) is -0.920. The Kier molecular flexibility index (Phi) is 6.11. The molecule has 0 bridgehead atoms. The number of hydrogen-bond acceptors (Lipinski definition) is 6. The van der Waals surface area contributed by atoms with Gasteiger partial charge in [-0.1, -0.05) is 16.8 Å². The van der Waals surface area contributed by atoms with E-state index in [0.717, 1.165) is 12.5 Å². The molecule has 0 aliphatic carbocycles. The second-order valence-corrected chi connectivity index (χ2v) is 6.16. The van der Waals surface area contributed by atoms with Crippen LogP contribution in [0.1, 0.15) is 25.7 Å². The molecule has 0 radical (unpaired) electrons. The van der Waals surface area contributed by atoms with Crippen LogP contribution in [0, 0.1) is 0 Å². The lowest BCUT2D eigenvalue weighted by Gasteiger charge is -2.18. The van der Waals surface area contributed by atoms with E-state index in [4.69, 9.17) is 21.2 Å². The number of aryl methyl sites for hydroxylation is 1. The van der Waals surface area contributed by atoms with Gasteiger partial charge in [-0.3, -0.25) is 4.79 Å². The largest absolute Gasteiger partial charge is 0.479 e. The van der Waals surface area contributed by atoms with Gasteiger partial charge in [-0.25, -0.2) is 4.79 Å². The number of carbonyl (C=O) groups excluding carboxylic acids is 1. The van der Waals surface area contributed by atoms with Crippen LogP contribution in [0.4, 0.5) is 0 Å². The van der Waals surface area contributed by atoms with Gasteiger partial charge in [0.1, 0.15) is 0 Å². The van der Waals surface area contributed by atoms with Crippen LogP contribution < -0.4 is 5.32 Å². The highest BCUT2D eigenvalue weighted by Crippen LogP contribution is 2.19. The minimum atomic E-state index is -1.99. The van der Waals surface area contributed by atoms with E-state index in [2.05, 4.69) is 15.5 Å². The van der Waals surface area contributed by atoms with Crippen molar-refractivity contribution in [1.29, 1.82) is 0 Å². The zero-order valence-electron chi connectivity index (χ0n) is 13.5. The summed E-state index contributed by atoms with van der Waals surface area (Å²) in [7, 11) is 0. The van der Waals surface area contributed by atoms with Crippen molar-refractivity contribution >= 4 is 23.5 Å². The molecule has 25 heavy (non-hydrogen) atoms. The number of hydrogen-bond donors (Lipinski definition) is 3. The van der Waals surface area contributed by atoms with Crippen LogP contribution >= 0.6 is 11.6 Å². The lowest BCUT2D eigenvalue weighted by molar-refractivity contribution is -0.156. The fourth-order valence-corrected chi connectivity index (χ4v) is 2.03. The number of amides is 1. The molecule has 0 fully saturated rings. The third-order valence-electron chi connectivity index (χ3n) is 3.46. The highest BCUT2D eigenvalue weighted by Gasteiger charge is 2.30. The van der Waals surface area contributed by atoms with Gasteiger partial charge in [0.05, 0.1) is 6.54 Å². The Labute approximate surface area is 148 Å². The maximum Gasteiger partial charge on any atom is 0.337 e. The van der Waals surface area contributed by atoms with Gasteiger partial charge < -0.3 is 20.1 Å². The number of nitrogens with one attached hydrogen (secondary N) is 1. The first-order valence-electron chi connectivity index (χ1n) is 7.59. The molecule has 0 aliphatic heterocycles. The van der Waals surface area contributed by atoms with Gasteiger partial charge in [-0.2, -0.15) is 4.98 Å². The van der Waals surface area contributed by atoms with Crippen molar-refractivity contribution in [2.45, 2.75) is 31.8 Å². The monoisotopic (exact) mass is 367 g/mol. The molecule has 3 N–H and O–H groups in total. The van der Waals surface area contributed by atoms with Crippen LogP contribution in [-0.2, 0) is 16.0 Å². The van der Waals surface area contributed by atoms with E-state index in [9.17, 15) is 14.7 Å². The molecule has 8 nitrogen and oxygen atoms in total. The second-order valence-electron chi connectivity index (χ2n) is 5.73. The summed E-state index contributed by atoms with van der Waals surface area (Å²) < 4.78 is 5.13. The number of nitrogens with zero attached hydrogens (tertiary/aromatic N) is 2. The number of rotatable bonds is 8. The molecule has 0 saturated heterocycles. The van der Waals surface area contributed by atoms with Crippen molar-refractivity contribution < 1.29 is 24.3 Å². The molecule has 1 unspecified atom stereocenters. The van der Waals surface area contributed by atoms with E-state index in [1.807, 2.05) is 0 Å². The number of benzene rings is 1. The quantitative estimate of drug-likeness (QED) is 0.647. The summed E-state index contributed by atoms with van der Waals surface area (Å²) in [6.45, 7) is 0.759. The van der Waals surface area contributed by atoms with Crippen molar-refractivity contribution in [3.8, 4) is 11.4 Å². The van der Waals surface area contributed by atoms with Gasteiger partial charge in [0.2, 0.25) is 17.6 Å². The van der Waals surface area contributed by atoms with Crippen molar-refractivity contribution in [2.75, 3.05) is 6.54 Å². The Morgan fingerprint density at radius 2 is 2.00 bits per heavy atom. The minimum Gasteiger partial charge on any atom is -0.479 e. The number of aromatic nitrogens is 2. The van der Waals surface area contributed by atoms with E-state index >= 15 is 0 Å². The SMILES string of the molecule is CC(O)(CNC(=O)CCCc1nc(-c2ccc(Cl)cc2)no1)C(=O)O. The predicted octanol–water partition coefficient (Wildman–Crippen LogP) is 1.66. The molecular formula is C16H18ClN3O5. The van der Waals surface area contributed by atoms with Crippen molar-refractivity contribution in [1.82, 2.24) is 15.5 Å². The summed E-state index contributed by atoms with van der Waals surface area (Å²) >= 11 is 5.82. The van der Waals surface area contributed by atoms with E-state index in [1.165, 1.54) is 0 Å².